The SMILES string of the molecule is CC(=O)N1CCC(N2CC(=O)N3CC[C@@H](CC(=O)NCCN4CCCC4)[C@@H](C=CCOc4ccccc4C2)C3)CC1. The maximum absolute atomic E-state index is 13.7. The van der Waals surface area contributed by atoms with Gasteiger partial charge in [-0.3, -0.25) is 19.3 Å². The molecule has 224 valence electrons. The molecule has 9 heteroatoms. The van der Waals surface area contributed by atoms with E-state index in [1.165, 1.54) is 12.8 Å². The van der Waals surface area contributed by atoms with Crippen molar-refractivity contribution in [3.63, 3.8) is 0 Å². The molecular weight excluding hydrogens is 518 g/mol. The first-order valence-electron chi connectivity index (χ1n) is 15.6. The van der Waals surface area contributed by atoms with Crippen molar-refractivity contribution in [3.8, 4) is 5.75 Å². The van der Waals surface area contributed by atoms with Crippen molar-refractivity contribution < 1.29 is 19.1 Å². The van der Waals surface area contributed by atoms with E-state index in [0.29, 0.717) is 45.8 Å². The maximum atomic E-state index is 13.7. The van der Waals surface area contributed by atoms with Gasteiger partial charge < -0.3 is 24.8 Å². The molecule has 0 spiro atoms. The summed E-state index contributed by atoms with van der Waals surface area (Å²) >= 11 is 0. The summed E-state index contributed by atoms with van der Waals surface area (Å²) in [5.41, 5.74) is 1.07. The molecule has 4 heterocycles. The van der Waals surface area contributed by atoms with Crippen LogP contribution in [0.2, 0.25) is 0 Å². The molecule has 1 N–H and O–H groups in total. The van der Waals surface area contributed by atoms with Crippen LogP contribution in [0.5, 0.6) is 5.75 Å². The smallest absolute Gasteiger partial charge is 0.236 e. The second-order valence-electron chi connectivity index (χ2n) is 12.1. The number of fused-ring (bicyclic) bond motifs is 3. The average Bonchev–Trinajstić information content (AvgIpc) is 3.49. The summed E-state index contributed by atoms with van der Waals surface area (Å²) < 4.78 is 6.22. The van der Waals surface area contributed by atoms with Crippen LogP contribution < -0.4 is 10.1 Å². The number of hydrogen-bond acceptors (Lipinski definition) is 6. The second kappa shape index (κ2) is 14.3. The topological polar surface area (TPSA) is 85.4 Å². The Balaban J connectivity index is 1.26. The molecule has 41 heavy (non-hydrogen) atoms. The number of piperidine rings is 2. The Morgan fingerprint density at radius 3 is 2.56 bits per heavy atom. The summed E-state index contributed by atoms with van der Waals surface area (Å²) in [6.45, 7) is 9.70. The summed E-state index contributed by atoms with van der Waals surface area (Å²) in [7, 11) is 0. The number of carbonyl (C=O) groups is 3. The fourth-order valence-corrected chi connectivity index (χ4v) is 6.89. The summed E-state index contributed by atoms with van der Waals surface area (Å²) in [5.74, 6) is 1.52. The first-order valence-corrected chi connectivity index (χ1v) is 15.6. The predicted octanol–water partition coefficient (Wildman–Crippen LogP) is 2.51. The van der Waals surface area contributed by atoms with Gasteiger partial charge >= 0.3 is 0 Å². The molecule has 3 amide bonds. The van der Waals surface area contributed by atoms with E-state index in [2.05, 4.69) is 33.3 Å². The van der Waals surface area contributed by atoms with Gasteiger partial charge in [-0.25, -0.2) is 0 Å². The predicted molar refractivity (Wildman–Crippen MR) is 158 cm³/mol. The molecule has 1 aromatic carbocycles. The summed E-state index contributed by atoms with van der Waals surface area (Å²) in [6, 6.07) is 8.31. The molecule has 0 aliphatic carbocycles. The Morgan fingerprint density at radius 2 is 1.78 bits per heavy atom. The largest absolute Gasteiger partial charge is 0.489 e. The van der Waals surface area contributed by atoms with Crippen molar-refractivity contribution in [1.82, 2.24) is 24.9 Å². The number of hydrogen-bond donors (Lipinski definition) is 1. The third kappa shape index (κ3) is 8.10. The molecule has 3 saturated heterocycles. The molecule has 9 nitrogen and oxygen atoms in total. The van der Waals surface area contributed by atoms with Crippen LogP contribution in [0.1, 0.15) is 51.0 Å². The molecule has 4 aliphatic heterocycles. The summed E-state index contributed by atoms with van der Waals surface area (Å²) in [5, 5.41) is 3.14. The fraction of sp³-hybridized carbons (Fsp3) is 0.656. The lowest BCUT2D eigenvalue weighted by molar-refractivity contribution is -0.137. The lowest BCUT2D eigenvalue weighted by Gasteiger charge is -2.41. The molecule has 1 aromatic rings. The highest BCUT2D eigenvalue weighted by molar-refractivity contribution is 5.79. The van der Waals surface area contributed by atoms with E-state index < -0.39 is 0 Å². The molecule has 0 radical (unpaired) electrons. The minimum Gasteiger partial charge on any atom is -0.489 e. The van der Waals surface area contributed by atoms with Crippen LogP contribution in [0.15, 0.2) is 36.4 Å². The van der Waals surface area contributed by atoms with Gasteiger partial charge in [0.1, 0.15) is 12.4 Å². The first kappa shape index (κ1) is 29.6. The first-order chi connectivity index (χ1) is 20.0. The summed E-state index contributed by atoms with van der Waals surface area (Å²) in [6.07, 6.45) is 9.75. The van der Waals surface area contributed by atoms with Crippen molar-refractivity contribution in [2.24, 2.45) is 11.8 Å². The zero-order valence-corrected chi connectivity index (χ0v) is 24.6. The van der Waals surface area contributed by atoms with Crippen molar-refractivity contribution in [3.05, 3.63) is 42.0 Å². The van der Waals surface area contributed by atoms with Gasteiger partial charge in [0.25, 0.3) is 0 Å². The number of ether oxygens (including phenoxy) is 1. The number of amides is 3. The number of para-hydroxylation sites is 1. The minimum absolute atomic E-state index is 0.110. The van der Waals surface area contributed by atoms with E-state index in [1.807, 2.05) is 28.0 Å². The monoisotopic (exact) mass is 565 g/mol. The molecule has 3 fully saturated rings. The Labute approximate surface area is 244 Å². The van der Waals surface area contributed by atoms with Crippen LogP contribution in [0, 0.1) is 11.8 Å². The standard InChI is InChI=1S/C32H47N5O4/c1-25(38)35-17-11-29(12-18-35)37-23-28-7-2-3-9-30(28)41-20-6-8-27-22-36(32(40)24-37)16-10-26(27)21-31(39)33-13-19-34-14-4-5-15-34/h2-3,6-9,26-27,29H,4-5,10-24H2,1H3,(H,33,39)/t26-,27-/m0/s1. The lowest BCUT2D eigenvalue weighted by Crippen LogP contribution is -2.51. The zero-order chi connectivity index (χ0) is 28.6. The Kier molecular flexibility index (Phi) is 10.3. The summed E-state index contributed by atoms with van der Waals surface area (Å²) in [4.78, 5) is 47.1. The van der Waals surface area contributed by atoms with Crippen molar-refractivity contribution >= 4 is 17.7 Å². The number of likely N-dealkylation sites (tertiary alicyclic amines) is 2. The highest BCUT2D eigenvalue weighted by atomic mass is 16.5. The minimum atomic E-state index is 0.110. The highest BCUT2D eigenvalue weighted by Crippen LogP contribution is 2.30. The van der Waals surface area contributed by atoms with Gasteiger partial charge in [-0.1, -0.05) is 30.4 Å². The van der Waals surface area contributed by atoms with E-state index in [9.17, 15) is 14.4 Å². The zero-order valence-electron chi connectivity index (χ0n) is 24.6. The molecule has 0 aromatic heterocycles. The van der Waals surface area contributed by atoms with Gasteiger partial charge in [0, 0.05) is 70.8 Å². The van der Waals surface area contributed by atoms with Gasteiger partial charge in [-0.05, 0) is 63.1 Å². The molecule has 5 rings (SSSR count). The molecule has 0 saturated carbocycles. The Morgan fingerprint density at radius 1 is 1.00 bits per heavy atom. The van der Waals surface area contributed by atoms with Gasteiger partial charge in [-0.2, -0.15) is 0 Å². The van der Waals surface area contributed by atoms with Crippen LogP contribution in [0.3, 0.4) is 0 Å². The third-order valence-corrected chi connectivity index (χ3v) is 9.38. The van der Waals surface area contributed by atoms with E-state index >= 15 is 0 Å². The average molecular weight is 566 g/mol. The van der Waals surface area contributed by atoms with Crippen LogP contribution >= 0.6 is 0 Å². The molecule has 2 bridgehead atoms. The van der Waals surface area contributed by atoms with E-state index in [0.717, 1.165) is 63.3 Å². The number of nitrogens with one attached hydrogen (secondary N) is 1. The van der Waals surface area contributed by atoms with Crippen molar-refractivity contribution in [1.29, 1.82) is 0 Å². The van der Waals surface area contributed by atoms with Gasteiger partial charge in [0.05, 0.1) is 6.54 Å². The quantitative estimate of drug-likeness (QED) is 0.534. The van der Waals surface area contributed by atoms with Crippen LogP contribution in [0.25, 0.3) is 0 Å². The van der Waals surface area contributed by atoms with E-state index in [1.54, 1.807) is 6.92 Å². The van der Waals surface area contributed by atoms with Gasteiger partial charge in [-0.15, -0.1) is 0 Å². The molecule has 4 aliphatic rings. The number of nitrogens with zero attached hydrogens (tertiary/aromatic N) is 4. The van der Waals surface area contributed by atoms with Crippen LogP contribution in [0.4, 0.5) is 0 Å². The second-order valence-corrected chi connectivity index (χ2v) is 12.1. The Bertz CT molecular complexity index is 1080. The van der Waals surface area contributed by atoms with Crippen LogP contribution in [-0.4, -0.2) is 109 Å². The maximum Gasteiger partial charge on any atom is 0.236 e. The number of rotatable bonds is 6. The highest BCUT2D eigenvalue weighted by Gasteiger charge is 2.34. The normalized spacial score (nSPS) is 25.0. The van der Waals surface area contributed by atoms with Crippen LogP contribution in [-0.2, 0) is 20.9 Å². The van der Waals surface area contributed by atoms with Crippen molar-refractivity contribution in [2.75, 3.05) is 65.5 Å². The van der Waals surface area contributed by atoms with E-state index in [4.69, 9.17) is 4.74 Å². The lowest BCUT2D eigenvalue weighted by atomic mass is 9.82. The van der Waals surface area contributed by atoms with Gasteiger partial charge in [0.15, 0.2) is 0 Å². The fourth-order valence-electron chi connectivity index (χ4n) is 6.89. The molecule has 2 atom stereocenters. The number of carbonyl (C=O) groups excluding carboxylic acids is 3. The van der Waals surface area contributed by atoms with Crippen molar-refractivity contribution in [2.45, 2.75) is 58.0 Å². The molecular formula is C32H47N5O4. The molecule has 0 unspecified atom stereocenters. The Hall–Kier alpha value is -2.91. The van der Waals surface area contributed by atoms with E-state index in [-0.39, 0.29) is 35.6 Å². The number of benzene rings is 1. The third-order valence-electron chi connectivity index (χ3n) is 9.38. The van der Waals surface area contributed by atoms with Gasteiger partial charge in [0.2, 0.25) is 17.7 Å².